The van der Waals surface area contributed by atoms with E-state index in [4.69, 9.17) is 11.6 Å². The summed E-state index contributed by atoms with van der Waals surface area (Å²) in [6.07, 6.45) is 2.44. The Bertz CT molecular complexity index is 439. The zero-order valence-electron chi connectivity index (χ0n) is 9.74. The molecule has 1 aromatic carbocycles. The van der Waals surface area contributed by atoms with Crippen LogP contribution in [0.2, 0.25) is 5.02 Å². The molecule has 0 spiro atoms. The SMILES string of the molecule is CCCC1N=C(Cc2ccc(Cl)cc2)NC1=O. The first-order valence-corrected chi connectivity index (χ1v) is 6.19. The Hall–Kier alpha value is -1.35. The molecular formula is C13H15ClN2O. The van der Waals surface area contributed by atoms with E-state index in [1.807, 2.05) is 24.3 Å². The smallest absolute Gasteiger partial charge is 0.250 e. The Morgan fingerprint density at radius 3 is 2.71 bits per heavy atom. The molecule has 1 aromatic rings. The summed E-state index contributed by atoms with van der Waals surface area (Å²) in [4.78, 5) is 16.0. The zero-order valence-corrected chi connectivity index (χ0v) is 10.5. The Labute approximate surface area is 106 Å². The summed E-state index contributed by atoms with van der Waals surface area (Å²) in [7, 11) is 0. The highest BCUT2D eigenvalue weighted by Gasteiger charge is 2.24. The van der Waals surface area contributed by atoms with Crippen molar-refractivity contribution in [3.63, 3.8) is 0 Å². The van der Waals surface area contributed by atoms with Crippen LogP contribution in [0.1, 0.15) is 25.3 Å². The molecule has 1 heterocycles. The van der Waals surface area contributed by atoms with Crippen LogP contribution in [0.5, 0.6) is 0 Å². The van der Waals surface area contributed by atoms with Crippen LogP contribution in [-0.4, -0.2) is 17.8 Å². The second-order valence-electron chi connectivity index (χ2n) is 4.17. The zero-order chi connectivity index (χ0) is 12.3. The molecule has 17 heavy (non-hydrogen) atoms. The van der Waals surface area contributed by atoms with Crippen LogP contribution in [0.4, 0.5) is 0 Å². The van der Waals surface area contributed by atoms with Gasteiger partial charge in [-0.25, -0.2) is 0 Å². The number of nitrogens with one attached hydrogen (secondary N) is 1. The summed E-state index contributed by atoms with van der Waals surface area (Å²) >= 11 is 5.82. The molecule has 0 fully saturated rings. The fourth-order valence-electron chi connectivity index (χ4n) is 1.86. The lowest BCUT2D eigenvalue weighted by molar-refractivity contribution is -0.120. The van der Waals surface area contributed by atoms with Gasteiger partial charge in [0.25, 0.3) is 0 Å². The van der Waals surface area contributed by atoms with Crippen molar-refractivity contribution in [3.8, 4) is 0 Å². The van der Waals surface area contributed by atoms with Crippen LogP contribution < -0.4 is 5.32 Å². The minimum Gasteiger partial charge on any atom is -0.312 e. The second kappa shape index (κ2) is 5.32. The van der Waals surface area contributed by atoms with E-state index in [2.05, 4.69) is 17.2 Å². The number of carbonyl (C=O) groups is 1. The van der Waals surface area contributed by atoms with Gasteiger partial charge in [-0.3, -0.25) is 9.79 Å². The van der Waals surface area contributed by atoms with Gasteiger partial charge in [-0.05, 0) is 24.1 Å². The van der Waals surface area contributed by atoms with Crippen LogP contribution in [0, 0.1) is 0 Å². The highest BCUT2D eigenvalue weighted by Crippen LogP contribution is 2.13. The number of carbonyl (C=O) groups excluding carboxylic acids is 1. The molecule has 1 atom stereocenters. The summed E-state index contributed by atoms with van der Waals surface area (Å²) in [5.41, 5.74) is 1.10. The van der Waals surface area contributed by atoms with Gasteiger partial charge in [-0.2, -0.15) is 0 Å². The van der Waals surface area contributed by atoms with E-state index in [0.29, 0.717) is 6.42 Å². The number of hydrogen-bond donors (Lipinski definition) is 1. The minimum absolute atomic E-state index is 0.0239. The van der Waals surface area contributed by atoms with Crippen LogP contribution in [0.25, 0.3) is 0 Å². The third-order valence-electron chi connectivity index (χ3n) is 2.73. The summed E-state index contributed by atoms with van der Waals surface area (Å²) in [6, 6.07) is 7.39. The van der Waals surface area contributed by atoms with Crippen molar-refractivity contribution in [1.29, 1.82) is 0 Å². The van der Waals surface area contributed by atoms with Gasteiger partial charge in [-0.15, -0.1) is 0 Å². The van der Waals surface area contributed by atoms with Crippen molar-refractivity contribution in [3.05, 3.63) is 34.9 Å². The van der Waals surface area contributed by atoms with Crippen LogP contribution in [0.3, 0.4) is 0 Å². The first-order valence-electron chi connectivity index (χ1n) is 5.81. The maximum Gasteiger partial charge on any atom is 0.250 e. The first kappa shape index (κ1) is 12.1. The molecule has 0 bridgehead atoms. The topological polar surface area (TPSA) is 41.5 Å². The molecule has 1 aliphatic heterocycles. The van der Waals surface area contributed by atoms with E-state index in [0.717, 1.165) is 29.3 Å². The highest BCUT2D eigenvalue weighted by molar-refractivity contribution is 6.30. The largest absolute Gasteiger partial charge is 0.312 e. The highest BCUT2D eigenvalue weighted by atomic mass is 35.5. The lowest BCUT2D eigenvalue weighted by atomic mass is 10.1. The van der Waals surface area contributed by atoms with Gasteiger partial charge in [0.2, 0.25) is 5.91 Å². The van der Waals surface area contributed by atoms with Crippen LogP contribution >= 0.6 is 11.6 Å². The number of halogens is 1. The van der Waals surface area contributed by atoms with Gasteiger partial charge in [0.1, 0.15) is 11.9 Å². The van der Waals surface area contributed by atoms with Crippen molar-refractivity contribution in [2.24, 2.45) is 4.99 Å². The third kappa shape index (κ3) is 3.07. The first-order chi connectivity index (χ1) is 8.19. The number of amidine groups is 1. The van der Waals surface area contributed by atoms with Crippen molar-refractivity contribution >= 4 is 23.3 Å². The molecule has 1 aliphatic rings. The molecule has 1 N–H and O–H groups in total. The number of rotatable bonds is 4. The van der Waals surface area contributed by atoms with Gasteiger partial charge >= 0.3 is 0 Å². The molecule has 0 saturated heterocycles. The monoisotopic (exact) mass is 250 g/mol. The lowest BCUT2D eigenvalue weighted by Crippen LogP contribution is -2.29. The lowest BCUT2D eigenvalue weighted by Gasteiger charge is -2.01. The average molecular weight is 251 g/mol. The third-order valence-corrected chi connectivity index (χ3v) is 2.98. The molecular weight excluding hydrogens is 236 g/mol. The summed E-state index contributed by atoms with van der Waals surface area (Å²) in [5, 5.41) is 3.55. The molecule has 1 unspecified atom stereocenters. The van der Waals surface area contributed by atoms with Gasteiger partial charge in [0.05, 0.1) is 0 Å². The van der Waals surface area contributed by atoms with Crippen molar-refractivity contribution in [1.82, 2.24) is 5.32 Å². The number of amides is 1. The Morgan fingerprint density at radius 2 is 2.06 bits per heavy atom. The molecule has 2 rings (SSSR count). The van der Waals surface area contributed by atoms with E-state index in [1.165, 1.54) is 0 Å². The predicted molar refractivity (Wildman–Crippen MR) is 69.4 cm³/mol. The second-order valence-corrected chi connectivity index (χ2v) is 4.61. The van der Waals surface area contributed by atoms with Crippen molar-refractivity contribution in [2.45, 2.75) is 32.2 Å². The minimum atomic E-state index is -0.192. The molecule has 1 amide bonds. The van der Waals surface area contributed by atoms with E-state index >= 15 is 0 Å². The molecule has 0 saturated carbocycles. The van der Waals surface area contributed by atoms with E-state index in [-0.39, 0.29) is 11.9 Å². The fourth-order valence-corrected chi connectivity index (χ4v) is 1.99. The normalized spacial score (nSPS) is 19.1. The number of hydrogen-bond acceptors (Lipinski definition) is 2. The van der Waals surface area contributed by atoms with E-state index in [1.54, 1.807) is 0 Å². The Kier molecular flexibility index (Phi) is 3.79. The molecule has 0 aliphatic carbocycles. The summed E-state index contributed by atoms with van der Waals surface area (Å²) < 4.78 is 0. The number of nitrogens with zero attached hydrogens (tertiary/aromatic N) is 1. The van der Waals surface area contributed by atoms with Gasteiger partial charge in [0, 0.05) is 11.4 Å². The van der Waals surface area contributed by atoms with Crippen molar-refractivity contribution in [2.75, 3.05) is 0 Å². The fraction of sp³-hybridized carbons (Fsp3) is 0.385. The van der Waals surface area contributed by atoms with Crippen LogP contribution in [0.15, 0.2) is 29.3 Å². The Balaban J connectivity index is 2.02. The maximum atomic E-state index is 11.6. The molecule has 0 aromatic heterocycles. The standard InChI is InChI=1S/C13H15ClN2O/c1-2-3-11-13(17)16-12(15-11)8-9-4-6-10(14)7-5-9/h4-7,11H,2-3,8H2,1H3,(H,15,16,17). The summed E-state index contributed by atoms with van der Waals surface area (Å²) in [6.45, 7) is 2.06. The quantitative estimate of drug-likeness (QED) is 0.877. The molecule has 3 nitrogen and oxygen atoms in total. The van der Waals surface area contributed by atoms with Gasteiger partial charge in [-0.1, -0.05) is 37.1 Å². The van der Waals surface area contributed by atoms with Crippen molar-refractivity contribution < 1.29 is 4.79 Å². The summed E-state index contributed by atoms with van der Waals surface area (Å²) in [5.74, 6) is 0.784. The number of aliphatic imine (C=N–C) groups is 1. The molecule has 4 heteroatoms. The van der Waals surface area contributed by atoms with Gasteiger partial charge in [0.15, 0.2) is 0 Å². The van der Waals surface area contributed by atoms with E-state index < -0.39 is 0 Å². The van der Waals surface area contributed by atoms with Gasteiger partial charge < -0.3 is 5.32 Å². The maximum absolute atomic E-state index is 11.6. The Morgan fingerprint density at radius 1 is 1.35 bits per heavy atom. The molecule has 90 valence electrons. The van der Waals surface area contributed by atoms with Crippen LogP contribution in [-0.2, 0) is 11.2 Å². The predicted octanol–water partition coefficient (Wildman–Crippen LogP) is 2.58. The molecule has 0 radical (unpaired) electrons. The van der Waals surface area contributed by atoms with E-state index in [9.17, 15) is 4.79 Å². The average Bonchev–Trinajstić information content (AvgIpc) is 2.63. The number of benzene rings is 1.